The van der Waals surface area contributed by atoms with Crippen molar-refractivity contribution in [2.45, 2.75) is 20.8 Å². The van der Waals surface area contributed by atoms with Crippen molar-refractivity contribution >= 4 is 11.7 Å². The molecule has 2 N–H and O–H groups in total. The molecule has 0 fully saturated rings. The van der Waals surface area contributed by atoms with Crippen molar-refractivity contribution in [3.63, 3.8) is 0 Å². The maximum Gasteiger partial charge on any atom is 0.335 e. The molecule has 0 atom stereocenters. The van der Waals surface area contributed by atoms with Crippen LogP contribution in [0.15, 0.2) is 18.2 Å². The molecule has 15 heavy (non-hydrogen) atoms. The number of rotatable bonds is 4. The molecule has 0 unspecified atom stereocenters. The lowest BCUT2D eigenvalue weighted by atomic mass is 10.1. The van der Waals surface area contributed by atoms with Gasteiger partial charge < -0.3 is 10.4 Å². The van der Waals surface area contributed by atoms with Crippen molar-refractivity contribution in [2.75, 3.05) is 11.9 Å². The van der Waals surface area contributed by atoms with Gasteiger partial charge in [-0.25, -0.2) is 4.79 Å². The molecule has 0 aliphatic heterocycles. The maximum atomic E-state index is 10.8. The lowest BCUT2D eigenvalue weighted by Gasteiger charge is -2.12. The molecule has 0 aliphatic rings. The molecule has 0 saturated heterocycles. The van der Waals surface area contributed by atoms with Crippen LogP contribution in [0.5, 0.6) is 0 Å². The number of aryl methyl sites for hydroxylation is 1. The molecule has 0 spiro atoms. The number of nitrogens with one attached hydrogen (secondary N) is 1. The molecule has 3 heteroatoms. The number of hydrogen-bond donors (Lipinski definition) is 2. The quantitative estimate of drug-likeness (QED) is 0.798. The molecule has 1 aromatic rings. The van der Waals surface area contributed by atoms with E-state index in [1.165, 1.54) is 0 Å². The van der Waals surface area contributed by atoms with Gasteiger partial charge in [0, 0.05) is 12.2 Å². The Labute approximate surface area is 90.1 Å². The van der Waals surface area contributed by atoms with Crippen LogP contribution in [0.2, 0.25) is 0 Å². The lowest BCUT2D eigenvalue weighted by Crippen LogP contribution is -2.09. The summed E-state index contributed by atoms with van der Waals surface area (Å²) < 4.78 is 0. The SMILES string of the molecule is Cc1ccc(C(=O)O)cc1NCC(C)C. The predicted molar refractivity (Wildman–Crippen MR) is 61.5 cm³/mol. The van der Waals surface area contributed by atoms with Crippen LogP contribution in [-0.2, 0) is 0 Å². The zero-order chi connectivity index (χ0) is 11.4. The Morgan fingerprint density at radius 1 is 1.47 bits per heavy atom. The number of carboxylic acids is 1. The van der Waals surface area contributed by atoms with Crippen molar-refractivity contribution in [1.82, 2.24) is 0 Å². The van der Waals surface area contributed by atoms with Crippen molar-refractivity contribution in [1.29, 1.82) is 0 Å². The van der Waals surface area contributed by atoms with Crippen molar-refractivity contribution in [2.24, 2.45) is 5.92 Å². The minimum atomic E-state index is -0.886. The fourth-order valence-corrected chi connectivity index (χ4v) is 1.26. The Hall–Kier alpha value is -1.51. The molecule has 0 heterocycles. The van der Waals surface area contributed by atoms with E-state index in [2.05, 4.69) is 19.2 Å². The Morgan fingerprint density at radius 2 is 2.13 bits per heavy atom. The first kappa shape index (κ1) is 11.6. The van der Waals surface area contributed by atoms with Crippen LogP contribution in [0.25, 0.3) is 0 Å². The normalized spacial score (nSPS) is 10.4. The molecular weight excluding hydrogens is 190 g/mol. The van der Waals surface area contributed by atoms with Gasteiger partial charge in [0.1, 0.15) is 0 Å². The van der Waals surface area contributed by atoms with Gasteiger partial charge in [0.15, 0.2) is 0 Å². The summed E-state index contributed by atoms with van der Waals surface area (Å²) in [5.41, 5.74) is 2.30. The van der Waals surface area contributed by atoms with Crippen LogP contribution in [0.1, 0.15) is 29.8 Å². The molecular formula is C12H17NO2. The van der Waals surface area contributed by atoms with E-state index in [1.54, 1.807) is 12.1 Å². The highest BCUT2D eigenvalue weighted by atomic mass is 16.4. The summed E-state index contributed by atoms with van der Waals surface area (Å²) in [6, 6.07) is 5.13. The van der Waals surface area contributed by atoms with E-state index in [0.717, 1.165) is 17.8 Å². The monoisotopic (exact) mass is 207 g/mol. The fourth-order valence-electron chi connectivity index (χ4n) is 1.26. The zero-order valence-electron chi connectivity index (χ0n) is 9.37. The largest absolute Gasteiger partial charge is 0.478 e. The van der Waals surface area contributed by atoms with E-state index in [0.29, 0.717) is 11.5 Å². The summed E-state index contributed by atoms with van der Waals surface area (Å²) in [7, 11) is 0. The minimum Gasteiger partial charge on any atom is -0.478 e. The van der Waals surface area contributed by atoms with Crippen molar-refractivity contribution < 1.29 is 9.90 Å². The molecule has 3 nitrogen and oxygen atoms in total. The smallest absolute Gasteiger partial charge is 0.335 e. The number of carbonyl (C=O) groups is 1. The van der Waals surface area contributed by atoms with Crippen molar-refractivity contribution in [3.05, 3.63) is 29.3 Å². The number of anilines is 1. The van der Waals surface area contributed by atoms with Crippen LogP contribution in [0.4, 0.5) is 5.69 Å². The topological polar surface area (TPSA) is 49.3 Å². The Kier molecular flexibility index (Phi) is 3.72. The molecule has 0 aromatic heterocycles. The third-order valence-electron chi connectivity index (χ3n) is 2.19. The second kappa shape index (κ2) is 4.82. The highest BCUT2D eigenvalue weighted by Gasteiger charge is 2.05. The van der Waals surface area contributed by atoms with Gasteiger partial charge in [-0.05, 0) is 30.5 Å². The number of benzene rings is 1. The fraction of sp³-hybridized carbons (Fsp3) is 0.417. The van der Waals surface area contributed by atoms with E-state index in [1.807, 2.05) is 13.0 Å². The first-order valence-corrected chi connectivity index (χ1v) is 5.08. The molecule has 1 aromatic carbocycles. The Balaban J connectivity index is 2.85. The van der Waals surface area contributed by atoms with Crippen LogP contribution >= 0.6 is 0 Å². The molecule has 1 rings (SSSR count). The van der Waals surface area contributed by atoms with E-state index in [4.69, 9.17) is 5.11 Å². The molecule has 0 radical (unpaired) electrons. The molecule has 0 bridgehead atoms. The summed E-state index contributed by atoms with van der Waals surface area (Å²) in [6.45, 7) is 7.05. The average molecular weight is 207 g/mol. The minimum absolute atomic E-state index is 0.326. The Morgan fingerprint density at radius 3 is 2.67 bits per heavy atom. The maximum absolute atomic E-state index is 10.8. The molecule has 0 saturated carbocycles. The number of aromatic carboxylic acids is 1. The lowest BCUT2D eigenvalue weighted by molar-refractivity contribution is 0.0697. The van der Waals surface area contributed by atoms with Gasteiger partial charge in [-0.1, -0.05) is 19.9 Å². The van der Waals surface area contributed by atoms with Gasteiger partial charge in [-0.15, -0.1) is 0 Å². The van der Waals surface area contributed by atoms with E-state index in [9.17, 15) is 4.79 Å². The highest BCUT2D eigenvalue weighted by molar-refractivity contribution is 5.89. The van der Waals surface area contributed by atoms with Gasteiger partial charge in [-0.2, -0.15) is 0 Å². The second-order valence-electron chi connectivity index (χ2n) is 4.11. The summed E-state index contributed by atoms with van der Waals surface area (Å²) in [6.07, 6.45) is 0. The van der Waals surface area contributed by atoms with Gasteiger partial charge in [0.05, 0.1) is 5.56 Å². The van der Waals surface area contributed by atoms with Crippen LogP contribution in [0.3, 0.4) is 0 Å². The van der Waals surface area contributed by atoms with Gasteiger partial charge in [-0.3, -0.25) is 0 Å². The zero-order valence-corrected chi connectivity index (χ0v) is 9.37. The van der Waals surface area contributed by atoms with Crippen LogP contribution < -0.4 is 5.32 Å². The number of hydrogen-bond acceptors (Lipinski definition) is 2. The van der Waals surface area contributed by atoms with Crippen molar-refractivity contribution in [3.8, 4) is 0 Å². The summed E-state index contributed by atoms with van der Waals surface area (Å²) in [5, 5.41) is 12.1. The van der Waals surface area contributed by atoms with Gasteiger partial charge in [0.25, 0.3) is 0 Å². The summed E-state index contributed by atoms with van der Waals surface area (Å²) >= 11 is 0. The first-order chi connectivity index (χ1) is 7.00. The third-order valence-corrected chi connectivity index (χ3v) is 2.19. The molecule has 0 aliphatic carbocycles. The summed E-state index contributed by atoms with van der Waals surface area (Å²) in [4.78, 5) is 10.8. The van der Waals surface area contributed by atoms with E-state index in [-0.39, 0.29) is 0 Å². The molecule has 82 valence electrons. The number of carboxylic acid groups (broad SMARTS) is 1. The van der Waals surface area contributed by atoms with Gasteiger partial charge >= 0.3 is 5.97 Å². The summed E-state index contributed by atoms with van der Waals surface area (Å²) in [5.74, 6) is -0.347. The molecule has 0 amide bonds. The predicted octanol–water partition coefficient (Wildman–Crippen LogP) is 2.76. The first-order valence-electron chi connectivity index (χ1n) is 5.08. The van der Waals surface area contributed by atoms with E-state index < -0.39 is 5.97 Å². The standard InChI is InChI=1S/C12H17NO2/c1-8(2)7-13-11-6-10(12(14)15)5-4-9(11)3/h4-6,8,13H,7H2,1-3H3,(H,14,15). The second-order valence-corrected chi connectivity index (χ2v) is 4.11. The van der Waals surface area contributed by atoms with E-state index >= 15 is 0 Å². The van der Waals surface area contributed by atoms with Crippen LogP contribution in [0, 0.1) is 12.8 Å². The van der Waals surface area contributed by atoms with Gasteiger partial charge in [0.2, 0.25) is 0 Å². The van der Waals surface area contributed by atoms with Crippen LogP contribution in [-0.4, -0.2) is 17.6 Å². The average Bonchev–Trinajstić information content (AvgIpc) is 2.16. The highest BCUT2D eigenvalue weighted by Crippen LogP contribution is 2.17. The Bertz CT molecular complexity index is 359. The third kappa shape index (κ3) is 3.27.